The topological polar surface area (TPSA) is 58.3 Å². The van der Waals surface area contributed by atoms with E-state index >= 15 is 0 Å². The average Bonchev–Trinajstić information content (AvgIpc) is 2.23. The van der Waals surface area contributed by atoms with Gasteiger partial charge in [-0.25, -0.2) is 8.78 Å². The molecule has 0 saturated heterocycles. The molecule has 1 atom stereocenters. The second-order valence-corrected chi connectivity index (χ2v) is 4.98. The number of nitrogen functional groups attached to an aromatic ring is 1. The van der Waals surface area contributed by atoms with Crippen LogP contribution in [0, 0.1) is 11.6 Å². The van der Waals surface area contributed by atoms with Gasteiger partial charge in [0.05, 0.1) is 17.0 Å². The fourth-order valence-electron chi connectivity index (χ4n) is 1.39. The van der Waals surface area contributed by atoms with E-state index in [1.165, 1.54) is 17.8 Å². The quantitative estimate of drug-likeness (QED) is 0.711. The molecule has 1 aromatic carbocycles. The molecule has 1 unspecified atom stereocenters. The van der Waals surface area contributed by atoms with Crippen molar-refractivity contribution in [3.63, 3.8) is 0 Å². The van der Waals surface area contributed by atoms with Gasteiger partial charge in [-0.2, -0.15) is 11.8 Å². The first-order chi connectivity index (χ1) is 7.87. The molecule has 0 aliphatic rings. The van der Waals surface area contributed by atoms with Crippen LogP contribution in [0.15, 0.2) is 12.1 Å². The van der Waals surface area contributed by atoms with Crippen LogP contribution in [0.25, 0.3) is 0 Å². The summed E-state index contributed by atoms with van der Waals surface area (Å²) in [5, 5.41) is 12.5. The third kappa shape index (κ3) is 3.74. The molecule has 1 aromatic rings. The summed E-state index contributed by atoms with van der Waals surface area (Å²) in [6.07, 6.45) is 1.85. The van der Waals surface area contributed by atoms with Gasteiger partial charge in [0.2, 0.25) is 0 Å². The SMILES string of the molecule is CSCC(C)(O)CNc1c(N)ccc(F)c1F. The fraction of sp³-hybridized carbons (Fsp3) is 0.455. The Hall–Kier alpha value is -1.01. The van der Waals surface area contributed by atoms with Crippen LogP contribution in [0.5, 0.6) is 0 Å². The van der Waals surface area contributed by atoms with Gasteiger partial charge in [-0.3, -0.25) is 0 Å². The first-order valence-electron chi connectivity index (χ1n) is 5.06. The van der Waals surface area contributed by atoms with Gasteiger partial charge in [0, 0.05) is 12.3 Å². The summed E-state index contributed by atoms with van der Waals surface area (Å²) in [6.45, 7) is 1.71. The molecule has 6 heteroatoms. The van der Waals surface area contributed by atoms with Crippen LogP contribution in [0.1, 0.15) is 6.92 Å². The van der Waals surface area contributed by atoms with Crippen LogP contribution in [0.2, 0.25) is 0 Å². The van der Waals surface area contributed by atoms with E-state index in [9.17, 15) is 13.9 Å². The number of thioether (sulfide) groups is 1. The zero-order valence-corrected chi connectivity index (χ0v) is 10.6. The Morgan fingerprint density at radius 2 is 2.12 bits per heavy atom. The van der Waals surface area contributed by atoms with Crippen molar-refractivity contribution in [3.8, 4) is 0 Å². The lowest BCUT2D eigenvalue weighted by atomic mass is 10.1. The molecule has 0 fully saturated rings. The van der Waals surface area contributed by atoms with Gasteiger partial charge in [-0.15, -0.1) is 0 Å². The molecule has 0 amide bonds. The van der Waals surface area contributed by atoms with Crippen LogP contribution in [-0.2, 0) is 0 Å². The Kier molecular flexibility index (Phi) is 4.59. The average molecular weight is 262 g/mol. The molecule has 4 N–H and O–H groups in total. The van der Waals surface area contributed by atoms with Crippen molar-refractivity contribution in [2.24, 2.45) is 0 Å². The third-order valence-electron chi connectivity index (χ3n) is 2.23. The zero-order valence-electron chi connectivity index (χ0n) is 9.76. The number of hydrogen-bond donors (Lipinski definition) is 3. The van der Waals surface area contributed by atoms with E-state index in [2.05, 4.69) is 5.32 Å². The van der Waals surface area contributed by atoms with Crippen LogP contribution < -0.4 is 11.1 Å². The summed E-state index contributed by atoms with van der Waals surface area (Å²) in [5.41, 5.74) is 4.54. The van der Waals surface area contributed by atoms with E-state index in [0.717, 1.165) is 6.07 Å². The standard InChI is InChI=1S/C11H16F2N2OS/c1-11(16,6-17-2)5-15-10-8(14)4-3-7(12)9(10)13/h3-4,15-16H,5-6,14H2,1-2H3. The Bertz CT molecular complexity index is 399. The molecule has 0 aliphatic carbocycles. The van der Waals surface area contributed by atoms with Gasteiger partial charge in [-0.05, 0) is 25.3 Å². The maximum Gasteiger partial charge on any atom is 0.183 e. The first kappa shape index (κ1) is 14.1. The molecule has 3 nitrogen and oxygen atoms in total. The Morgan fingerprint density at radius 1 is 1.47 bits per heavy atom. The summed E-state index contributed by atoms with van der Waals surface area (Å²) < 4.78 is 26.4. The summed E-state index contributed by atoms with van der Waals surface area (Å²) >= 11 is 1.47. The Morgan fingerprint density at radius 3 is 2.71 bits per heavy atom. The maximum absolute atomic E-state index is 13.4. The molecule has 0 aromatic heterocycles. The van der Waals surface area contributed by atoms with E-state index in [4.69, 9.17) is 5.73 Å². The highest BCUT2D eigenvalue weighted by atomic mass is 32.2. The molecule has 0 bridgehead atoms. The normalized spacial score (nSPS) is 14.4. The van der Waals surface area contributed by atoms with Gasteiger partial charge >= 0.3 is 0 Å². The predicted molar refractivity (Wildman–Crippen MR) is 68.3 cm³/mol. The van der Waals surface area contributed by atoms with Crippen molar-refractivity contribution in [3.05, 3.63) is 23.8 Å². The molecule has 96 valence electrons. The Labute approximate surface area is 103 Å². The second kappa shape index (κ2) is 5.55. The summed E-state index contributed by atoms with van der Waals surface area (Å²) in [6, 6.07) is 2.25. The van der Waals surface area contributed by atoms with Crippen LogP contribution in [0.4, 0.5) is 20.2 Å². The van der Waals surface area contributed by atoms with Gasteiger partial charge in [-0.1, -0.05) is 0 Å². The number of nitrogens with two attached hydrogens (primary N) is 1. The minimum atomic E-state index is -1.02. The fourth-order valence-corrected chi connectivity index (χ4v) is 2.11. The number of anilines is 2. The zero-order chi connectivity index (χ0) is 13.1. The molecule has 0 saturated carbocycles. The third-order valence-corrected chi connectivity index (χ3v) is 3.14. The van der Waals surface area contributed by atoms with Crippen LogP contribution in [0.3, 0.4) is 0 Å². The highest BCUT2D eigenvalue weighted by molar-refractivity contribution is 7.98. The van der Waals surface area contributed by atoms with Crippen molar-refractivity contribution in [2.75, 3.05) is 29.6 Å². The summed E-state index contributed by atoms with van der Waals surface area (Å²) in [5.74, 6) is -1.51. The van der Waals surface area contributed by atoms with Crippen molar-refractivity contribution in [1.29, 1.82) is 0 Å². The highest BCUT2D eigenvalue weighted by Gasteiger charge is 2.21. The number of halogens is 2. The number of rotatable bonds is 5. The summed E-state index contributed by atoms with van der Waals surface area (Å²) in [7, 11) is 0. The lowest BCUT2D eigenvalue weighted by Gasteiger charge is -2.23. The van der Waals surface area contributed by atoms with E-state index in [-0.39, 0.29) is 17.9 Å². The molecule has 0 spiro atoms. The van der Waals surface area contributed by atoms with Crippen LogP contribution >= 0.6 is 11.8 Å². The van der Waals surface area contributed by atoms with E-state index in [1.54, 1.807) is 6.92 Å². The van der Waals surface area contributed by atoms with Crippen molar-refractivity contribution in [1.82, 2.24) is 0 Å². The van der Waals surface area contributed by atoms with E-state index in [0.29, 0.717) is 5.75 Å². The van der Waals surface area contributed by atoms with Crippen LogP contribution in [-0.4, -0.2) is 29.3 Å². The minimum absolute atomic E-state index is 0.0956. The lowest BCUT2D eigenvalue weighted by molar-refractivity contribution is 0.0996. The lowest BCUT2D eigenvalue weighted by Crippen LogP contribution is -2.36. The predicted octanol–water partition coefficient (Wildman–Crippen LogP) is 2.07. The molecular formula is C11H16F2N2OS. The van der Waals surface area contributed by atoms with E-state index < -0.39 is 17.2 Å². The first-order valence-corrected chi connectivity index (χ1v) is 6.45. The molecule has 17 heavy (non-hydrogen) atoms. The van der Waals surface area contributed by atoms with Crippen molar-refractivity contribution >= 4 is 23.1 Å². The van der Waals surface area contributed by atoms with Gasteiger partial charge in [0.25, 0.3) is 0 Å². The minimum Gasteiger partial charge on any atom is -0.397 e. The van der Waals surface area contributed by atoms with Gasteiger partial charge in [0.1, 0.15) is 0 Å². The number of aliphatic hydroxyl groups is 1. The van der Waals surface area contributed by atoms with Crippen molar-refractivity contribution in [2.45, 2.75) is 12.5 Å². The van der Waals surface area contributed by atoms with E-state index in [1.807, 2.05) is 6.26 Å². The largest absolute Gasteiger partial charge is 0.397 e. The van der Waals surface area contributed by atoms with Gasteiger partial charge in [0.15, 0.2) is 11.6 Å². The second-order valence-electron chi connectivity index (χ2n) is 4.11. The monoisotopic (exact) mass is 262 g/mol. The highest BCUT2D eigenvalue weighted by Crippen LogP contribution is 2.25. The number of benzene rings is 1. The number of hydrogen-bond acceptors (Lipinski definition) is 4. The summed E-state index contributed by atoms with van der Waals surface area (Å²) in [4.78, 5) is 0. The van der Waals surface area contributed by atoms with Gasteiger partial charge < -0.3 is 16.2 Å². The molecule has 0 heterocycles. The molecular weight excluding hydrogens is 246 g/mol. The molecule has 1 rings (SSSR count). The molecule has 0 aliphatic heterocycles. The molecule has 0 radical (unpaired) electrons. The van der Waals surface area contributed by atoms with Crippen molar-refractivity contribution < 1.29 is 13.9 Å². The Balaban J connectivity index is 2.79. The number of nitrogens with one attached hydrogen (secondary N) is 1. The maximum atomic E-state index is 13.4. The smallest absolute Gasteiger partial charge is 0.183 e.